The van der Waals surface area contributed by atoms with Gasteiger partial charge in [0, 0.05) is 34.9 Å². The molecule has 0 unspecified atom stereocenters. The largest absolute Gasteiger partial charge is 0.497 e. The number of carbonyl (C=O) groups excluding carboxylic acids is 2. The van der Waals surface area contributed by atoms with Gasteiger partial charge < -0.3 is 15.0 Å². The zero-order chi connectivity index (χ0) is 18.0. The smallest absolute Gasteiger partial charge is 0.229 e. The van der Waals surface area contributed by atoms with Crippen LogP contribution in [0.4, 0.5) is 11.4 Å². The number of halogens is 2. The Hall–Kier alpha value is -2.05. The van der Waals surface area contributed by atoms with Gasteiger partial charge in [0.1, 0.15) is 5.75 Å². The minimum absolute atomic E-state index is 0.0813. The summed E-state index contributed by atoms with van der Waals surface area (Å²) in [6.45, 7) is 0.335. The number of nitrogens with zero attached hydrogens (tertiary/aromatic N) is 1. The SMILES string of the molecule is COc1cccc(N2C[C@@H](C(=O)Nc3ccc(Br)c(Cl)c3)CC2=O)c1. The molecule has 0 bridgehead atoms. The predicted molar refractivity (Wildman–Crippen MR) is 101 cm³/mol. The number of hydrogen-bond donors (Lipinski definition) is 1. The highest BCUT2D eigenvalue weighted by molar-refractivity contribution is 9.10. The molecular weight excluding hydrogens is 408 g/mol. The molecule has 5 nitrogen and oxygen atoms in total. The molecule has 1 saturated heterocycles. The van der Waals surface area contributed by atoms with Crippen LogP contribution in [-0.4, -0.2) is 25.5 Å². The quantitative estimate of drug-likeness (QED) is 0.805. The van der Waals surface area contributed by atoms with Crippen molar-refractivity contribution in [3.05, 3.63) is 52.0 Å². The van der Waals surface area contributed by atoms with Crippen LogP contribution in [0.15, 0.2) is 46.9 Å². The normalized spacial score (nSPS) is 16.8. The molecule has 0 spiro atoms. The van der Waals surface area contributed by atoms with E-state index in [2.05, 4.69) is 21.2 Å². The van der Waals surface area contributed by atoms with E-state index >= 15 is 0 Å². The predicted octanol–water partition coefficient (Wildman–Crippen LogP) is 4.10. The fraction of sp³-hybridized carbons (Fsp3) is 0.222. The van der Waals surface area contributed by atoms with Crippen LogP contribution in [0.2, 0.25) is 5.02 Å². The molecule has 2 amide bonds. The lowest BCUT2D eigenvalue weighted by molar-refractivity contribution is -0.122. The van der Waals surface area contributed by atoms with E-state index in [1.165, 1.54) is 0 Å². The Balaban J connectivity index is 1.70. The minimum Gasteiger partial charge on any atom is -0.497 e. The summed E-state index contributed by atoms with van der Waals surface area (Å²) < 4.78 is 5.95. The zero-order valence-electron chi connectivity index (χ0n) is 13.5. The van der Waals surface area contributed by atoms with Gasteiger partial charge in [0.05, 0.1) is 18.1 Å². The molecule has 0 aliphatic carbocycles. The topological polar surface area (TPSA) is 58.6 Å². The van der Waals surface area contributed by atoms with Crippen LogP contribution in [0.3, 0.4) is 0 Å². The van der Waals surface area contributed by atoms with Gasteiger partial charge in [0.2, 0.25) is 11.8 Å². The molecule has 1 N–H and O–H groups in total. The lowest BCUT2D eigenvalue weighted by Crippen LogP contribution is -2.28. The van der Waals surface area contributed by atoms with E-state index in [0.717, 1.165) is 10.2 Å². The van der Waals surface area contributed by atoms with E-state index in [4.69, 9.17) is 16.3 Å². The van der Waals surface area contributed by atoms with Crippen LogP contribution in [0, 0.1) is 5.92 Å². The Kier molecular flexibility index (Phi) is 5.30. The van der Waals surface area contributed by atoms with E-state index in [0.29, 0.717) is 23.0 Å². The first kappa shape index (κ1) is 17.8. The molecule has 3 rings (SSSR count). The second-order valence-corrected chi connectivity index (χ2v) is 6.99. The van der Waals surface area contributed by atoms with E-state index in [1.807, 2.05) is 18.2 Å². The lowest BCUT2D eigenvalue weighted by atomic mass is 10.1. The van der Waals surface area contributed by atoms with Gasteiger partial charge in [-0.05, 0) is 46.3 Å². The van der Waals surface area contributed by atoms with Crippen molar-refractivity contribution < 1.29 is 14.3 Å². The van der Waals surface area contributed by atoms with Crippen molar-refractivity contribution in [1.29, 1.82) is 0 Å². The van der Waals surface area contributed by atoms with Crippen LogP contribution in [-0.2, 0) is 9.59 Å². The molecule has 1 fully saturated rings. The first-order chi connectivity index (χ1) is 12.0. The Morgan fingerprint density at radius 2 is 2.12 bits per heavy atom. The number of amides is 2. The van der Waals surface area contributed by atoms with Crippen molar-refractivity contribution in [3.63, 3.8) is 0 Å². The second-order valence-electron chi connectivity index (χ2n) is 5.73. The zero-order valence-corrected chi connectivity index (χ0v) is 15.8. The van der Waals surface area contributed by atoms with Crippen molar-refractivity contribution in [2.75, 3.05) is 23.9 Å². The van der Waals surface area contributed by atoms with Crippen molar-refractivity contribution in [2.24, 2.45) is 5.92 Å². The molecule has 2 aromatic rings. The summed E-state index contributed by atoms with van der Waals surface area (Å²) in [5.41, 5.74) is 1.33. The Morgan fingerprint density at radius 1 is 1.32 bits per heavy atom. The number of ether oxygens (including phenoxy) is 1. The van der Waals surface area contributed by atoms with E-state index in [1.54, 1.807) is 36.3 Å². The van der Waals surface area contributed by atoms with Crippen molar-refractivity contribution in [1.82, 2.24) is 0 Å². The van der Waals surface area contributed by atoms with Crippen LogP contribution < -0.4 is 15.0 Å². The van der Waals surface area contributed by atoms with E-state index in [-0.39, 0.29) is 18.2 Å². The molecule has 25 heavy (non-hydrogen) atoms. The van der Waals surface area contributed by atoms with Gasteiger partial charge >= 0.3 is 0 Å². The summed E-state index contributed by atoms with van der Waals surface area (Å²) in [4.78, 5) is 26.4. The molecule has 130 valence electrons. The Bertz CT molecular complexity index is 828. The fourth-order valence-electron chi connectivity index (χ4n) is 2.73. The Morgan fingerprint density at radius 3 is 2.84 bits per heavy atom. The highest BCUT2D eigenvalue weighted by atomic mass is 79.9. The third-order valence-corrected chi connectivity index (χ3v) is 5.28. The molecule has 1 heterocycles. The number of rotatable bonds is 4. The first-order valence-corrected chi connectivity index (χ1v) is 8.85. The number of hydrogen-bond acceptors (Lipinski definition) is 3. The minimum atomic E-state index is -0.416. The molecule has 2 aromatic carbocycles. The average Bonchev–Trinajstić information content (AvgIpc) is 3.00. The molecule has 7 heteroatoms. The monoisotopic (exact) mass is 422 g/mol. The van der Waals surface area contributed by atoms with Crippen molar-refractivity contribution in [2.45, 2.75) is 6.42 Å². The maximum atomic E-state index is 12.5. The summed E-state index contributed by atoms with van der Waals surface area (Å²) >= 11 is 9.35. The third-order valence-electron chi connectivity index (χ3n) is 4.05. The highest BCUT2D eigenvalue weighted by Gasteiger charge is 2.35. The third kappa shape index (κ3) is 3.96. The molecular formula is C18H16BrClN2O3. The van der Waals surface area contributed by atoms with Crippen molar-refractivity contribution in [3.8, 4) is 5.75 Å². The van der Waals surface area contributed by atoms with Gasteiger partial charge in [0.25, 0.3) is 0 Å². The van der Waals surface area contributed by atoms with Crippen molar-refractivity contribution >= 4 is 50.7 Å². The van der Waals surface area contributed by atoms with E-state index in [9.17, 15) is 9.59 Å². The molecule has 1 aliphatic rings. The lowest BCUT2D eigenvalue weighted by Gasteiger charge is -2.17. The molecule has 0 radical (unpaired) electrons. The molecule has 1 atom stereocenters. The van der Waals surface area contributed by atoms with Crippen LogP contribution in [0.5, 0.6) is 5.75 Å². The fourth-order valence-corrected chi connectivity index (χ4v) is 3.16. The summed E-state index contributed by atoms with van der Waals surface area (Å²) in [5.74, 6) is -0.0248. The van der Waals surface area contributed by atoms with Crippen LogP contribution >= 0.6 is 27.5 Å². The first-order valence-electron chi connectivity index (χ1n) is 7.68. The van der Waals surface area contributed by atoms with Crippen LogP contribution in [0.1, 0.15) is 6.42 Å². The number of anilines is 2. The summed E-state index contributed by atoms with van der Waals surface area (Å²) in [7, 11) is 1.57. The number of carbonyl (C=O) groups is 2. The standard InChI is InChI=1S/C18H16BrClN2O3/c1-25-14-4-2-3-13(9-14)22-10-11(7-17(22)23)18(24)21-12-5-6-15(19)16(20)8-12/h2-6,8-9,11H,7,10H2,1H3,(H,21,24)/t11-/m0/s1. The summed E-state index contributed by atoms with van der Waals surface area (Å²) in [6, 6.07) is 12.4. The van der Waals surface area contributed by atoms with Crippen LogP contribution in [0.25, 0.3) is 0 Å². The molecule has 1 aliphatic heterocycles. The summed E-state index contributed by atoms with van der Waals surface area (Å²) in [5, 5.41) is 3.33. The second kappa shape index (κ2) is 7.45. The highest BCUT2D eigenvalue weighted by Crippen LogP contribution is 2.29. The average molecular weight is 424 g/mol. The Labute approximate surface area is 159 Å². The number of nitrogens with one attached hydrogen (secondary N) is 1. The maximum Gasteiger partial charge on any atom is 0.229 e. The van der Waals surface area contributed by atoms with Gasteiger partial charge in [-0.1, -0.05) is 17.7 Å². The van der Waals surface area contributed by atoms with E-state index < -0.39 is 5.92 Å². The van der Waals surface area contributed by atoms with Gasteiger partial charge in [-0.15, -0.1) is 0 Å². The maximum absolute atomic E-state index is 12.5. The van der Waals surface area contributed by atoms with Gasteiger partial charge in [-0.2, -0.15) is 0 Å². The summed E-state index contributed by atoms with van der Waals surface area (Å²) in [6.07, 6.45) is 0.174. The van der Waals surface area contributed by atoms with Gasteiger partial charge in [-0.25, -0.2) is 0 Å². The van der Waals surface area contributed by atoms with Gasteiger partial charge in [0.15, 0.2) is 0 Å². The van der Waals surface area contributed by atoms with Gasteiger partial charge in [-0.3, -0.25) is 9.59 Å². The number of benzene rings is 2. The number of methoxy groups -OCH3 is 1. The molecule has 0 aromatic heterocycles. The molecule has 0 saturated carbocycles.